The van der Waals surface area contributed by atoms with Crippen molar-refractivity contribution in [3.63, 3.8) is 0 Å². The number of hydrogen-bond acceptors (Lipinski definition) is 4. The third kappa shape index (κ3) is 4.18. The maximum atomic E-state index is 9.20. The molecule has 1 aromatic heterocycles. The van der Waals surface area contributed by atoms with E-state index in [-0.39, 0.29) is 0 Å². The van der Waals surface area contributed by atoms with Gasteiger partial charge >= 0.3 is 0 Å². The van der Waals surface area contributed by atoms with E-state index in [1.165, 1.54) is 24.0 Å². The second-order valence-corrected chi connectivity index (χ2v) is 8.63. The van der Waals surface area contributed by atoms with Crippen molar-refractivity contribution >= 4 is 11.0 Å². The third-order valence-electron chi connectivity index (χ3n) is 6.36. The van der Waals surface area contributed by atoms with Gasteiger partial charge in [-0.3, -0.25) is 0 Å². The van der Waals surface area contributed by atoms with Crippen molar-refractivity contribution in [3.05, 3.63) is 83.6 Å². The van der Waals surface area contributed by atoms with E-state index in [0.717, 1.165) is 52.9 Å². The Morgan fingerprint density at radius 3 is 2.44 bits per heavy atom. The van der Waals surface area contributed by atoms with Gasteiger partial charge in [0, 0.05) is 30.1 Å². The van der Waals surface area contributed by atoms with E-state index < -0.39 is 0 Å². The topological polar surface area (TPSA) is 61.0 Å². The molecule has 0 amide bonds. The minimum absolute atomic E-state index is 0.499. The number of hydrogen-bond donors (Lipinski definition) is 2. The maximum absolute atomic E-state index is 9.20. The standard InChI is InChI=1S/C28H27N3O/c1-19-4-8-21(9-5-19)26-14-28-27(13-25(26)22-10-6-20(15-29)7-11-22)23(18-32-28)16-31-24-3-2-12-30-17-24/h4-11,13-14,18,24,30-31H,2-3,12,16-17H2,1H3. The Kier molecular flexibility index (Phi) is 5.77. The smallest absolute Gasteiger partial charge is 0.134 e. The Balaban J connectivity index is 1.57. The average molecular weight is 422 g/mol. The molecule has 4 heteroatoms. The monoisotopic (exact) mass is 421 g/mol. The summed E-state index contributed by atoms with van der Waals surface area (Å²) < 4.78 is 6.00. The van der Waals surface area contributed by atoms with Crippen molar-refractivity contribution in [1.82, 2.24) is 10.6 Å². The highest BCUT2D eigenvalue weighted by molar-refractivity contribution is 5.95. The molecule has 2 heterocycles. The van der Waals surface area contributed by atoms with Crippen LogP contribution in [-0.2, 0) is 6.54 Å². The lowest BCUT2D eigenvalue weighted by atomic mass is 9.92. The van der Waals surface area contributed by atoms with Crippen LogP contribution in [0.5, 0.6) is 0 Å². The van der Waals surface area contributed by atoms with Crippen LogP contribution in [0, 0.1) is 18.3 Å². The first-order chi connectivity index (χ1) is 15.7. The predicted molar refractivity (Wildman–Crippen MR) is 129 cm³/mol. The second-order valence-electron chi connectivity index (χ2n) is 8.63. The van der Waals surface area contributed by atoms with E-state index in [4.69, 9.17) is 4.42 Å². The molecule has 1 aliphatic heterocycles. The normalized spacial score (nSPS) is 16.2. The summed E-state index contributed by atoms with van der Waals surface area (Å²) >= 11 is 0. The summed E-state index contributed by atoms with van der Waals surface area (Å²) in [4.78, 5) is 0. The fourth-order valence-electron chi connectivity index (χ4n) is 4.48. The highest BCUT2D eigenvalue weighted by Gasteiger charge is 2.16. The van der Waals surface area contributed by atoms with Gasteiger partial charge in [0.25, 0.3) is 0 Å². The van der Waals surface area contributed by atoms with Gasteiger partial charge in [0.05, 0.1) is 17.9 Å². The molecule has 160 valence electrons. The fraction of sp³-hybridized carbons (Fsp3) is 0.250. The van der Waals surface area contributed by atoms with Crippen LogP contribution in [0.4, 0.5) is 0 Å². The summed E-state index contributed by atoms with van der Waals surface area (Å²) in [5.74, 6) is 0. The molecule has 0 saturated carbocycles. The lowest BCUT2D eigenvalue weighted by Gasteiger charge is -2.23. The van der Waals surface area contributed by atoms with Crippen LogP contribution in [0.1, 0.15) is 29.5 Å². The number of nitriles is 1. The number of benzene rings is 3. The molecule has 4 aromatic rings. The lowest BCUT2D eigenvalue weighted by Crippen LogP contribution is -2.42. The lowest BCUT2D eigenvalue weighted by molar-refractivity contribution is 0.389. The number of nitrogens with zero attached hydrogens (tertiary/aromatic N) is 1. The molecule has 32 heavy (non-hydrogen) atoms. The molecule has 0 aliphatic carbocycles. The second kappa shape index (κ2) is 9.00. The van der Waals surface area contributed by atoms with E-state index in [1.54, 1.807) is 0 Å². The Hall–Kier alpha value is -3.39. The largest absolute Gasteiger partial charge is 0.464 e. The van der Waals surface area contributed by atoms with E-state index in [0.29, 0.717) is 11.6 Å². The van der Waals surface area contributed by atoms with Gasteiger partial charge in [0.15, 0.2) is 0 Å². The maximum Gasteiger partial charge on any atom is 0.134 e. The first-order valence-corrected chi connectivity index (χ1v) is 11.3. The van der Waals surface area contributed by atoms with E-state index >= 15 is 0 Å². The molecule has 1 atom stereocenters. The zero-order valence-electron chi connectivity index (χ0n) is 18.3. The molecular formula is C28H27N3O. The first kappa shape index (κ1) is 20.5. The van der Waals surface area contributed by atoms with Crippen LogP contribution < -0.4 is 10.6 Å². The van der Waals surface area contributed by atoms with Gasteiger partial charge in [-0.2, -0.15) is 5.26 Å². The molecule has 1 fully saturated rings. The van der Waals surface area contributed by atoms with Crippen molar-refractivity contribution in [2.45, 2.75) is 32.4 Å². The summed E-state index contributed by atoms with van der Waals surface area (Å²) in [5.41, 5.74) is 8.51. The molecule has 0 bridgehead atoms. The van der Waals surface area contributed by atoms with Gasteiger partial charge in [-0.1, -0.05) is 42.0 Å². The van der Waals surface area contributed by atoms with Gasteiger partial charge in [-0.15, -0.1) is 0 Å². The number of nitrogens with one attached hydrogen (secondary N) is 2. The predicted octanol–water partition coefficient (Wildman–Crippen LogP) is 5.79. The summed E-state index contributed by atoms with van der Waals surface area (Å²) in [6.45, 7) is 5.02. The Labute approximate surface area is 188 Å². The number of furan rings is 1. The van der Waals surface area contributed by atoms with Crippen molar-refractivity contribution in [3.8, 4) is 28.3 Å². The molecule has 1 unspecified atom stereocenters. The Morgan fingerprint density at radius 1 is 1.03 bits per heavy atom. The number of piperidine rings is 1. The summed E-state index contributed by atoms with van der Waals surface area (Å²) in [7, 11) is 0. The van der Waals surface area contributed by atoms with Gasteiger partial charge in [0.1, 0.15) is 5.58 Å². The van der Waals surface area contributed by atoms with Gasteiger partial charge in [0.2, 0.25) is 0 Å². The van der Waals surface area contributed by atoms with E-state index in [9.17, 15) is 5.26 Å². The van der Waals surface area contributed by atoms with E-state index in [1.807, 2.05) is 30.5 Å². The first-order valence-electron chi connectivity index (χ1n) is 11.3. The zero-order chi connectivity index (χ0) is 21.9. The SMILES string of the molecule is Cc1ccc(-c2cc3occ(CNC4CCCNC4)c3cc2-c2ccc(C#N)cc2)cc1. The van der Waals surface area contributed by atoms with Gasteiger partial charge in [-0.25, -0.2) is 0 Å². The Morgan fingerprint density at radius 2 is 1.75 bits per heavy atom. The summed E-state index contributed by atoms with van der Waals surface area (Å²) in [6.07, 6.45) is 4.30. The minimum Gasteiger partial charge on any atom is -0.464 e. The molecule has 1 saturated heterocycles. The Bertz CT molecular complexity index is 1260. The fourth-order valence-corrected chi connectivity index (χ4v) is 4.48. The van der Waals surface area contributed by atoms with Crippen molar-refractivity contribution in [2.24, 2.45) is 0 Å². The third-order valence-corrected chi connectivity index (χ3v) is 6.36. The molecule has 0 radical (unpaired) electrons. The van der Waals surface area contributed by atoms with Crippen molar-refractivity contribution in [1.29, 1.82) is 5.26 Å². The van der Waals surface area contributed by atoms with Crippen LogP contribution in [0.2, 0.25) is 0 Å². The summed E-state index contributed by atoms with van der Waals surface area (Å²) in [5, 5.41) is 17.5. The van der Waals surface area contributed by atoms with Gasteiger partial charge in [-0.05, 0) is 72.8 Å². The quantitative estimate of drug-likeness (QED) is 0.428. The van der Waals surface area contributed by atoms with Crippen LogP contribution in [0.15, 0.2) is 71.3 Å². The zero-order valence-corrected chi connectivity index (χ0v) is 18.3. The van der Waals surface area contributed by atoms with Gasteiger partial charge < -0.3 is 15.1 Å². The molecule has 2 N–H and O–H groups in total. The molecule has 5 rings (SSSR count). The van der Waals surface area contributed by atoms with Crippen LogP contribution in [-0.4, -0.2) is 19.1 Å². The van der Waals surface area contributed by atoms with E-state index in [2.05, 4.69) is 60.0 Å². The highest BCUT2D eigenvalue weighted by atomic mass is 16.3. The molecule has 3 aromatic carbocycles. The van der Waals surface area contributed by atoms with Crippen LogP contribution in [0.25, 0.3) is 33.2 Å². The van der Waals surface area contributed by atoms with Crippen LogP contribution in [0.3, 0.4) is 0 Å². The average Bonchev–Trinajstić information content (AvgIpc) is 3.25. The highest BCUT2D eigenvalue weighted by Crippen LogP contribution is 2.37. The van der Waals surface area contributed by atoms with Crippen LogP contribution >= 0.6 is 0 Å². The minimum atomic E-state index is 0.499. The molecule has 4 nitrogen and oxygen atoms in total. The number of fused-ring (bicyclic) bond motifs is 1. The number of rotatable bonds is 5. The molecular weight excluding hydrogens is 394 g/mol. The van der Waals surface area contributed by atoms with Crippen molar-refractivity contribution < 1.29 is 4.42 Å². The molecule has 1 aliphatic rings. The molecule has 0 spiro atoms. The van der Waals surface area contributed by atoms with Crippen molar-refractivity contribution in [2.75, 3.05) is 13.1 Å². The summed E-state index contributed by atoms with van der Waals surface area (Å²) in [6, 6.07) is 23.5. The number of aryl methyl sites for hydroxylation is 1.